The predicted molar refractivity (Wildman–Crippen MR) is 120 cm³/mol. The van der Waals surface area contributed by atoms with Gasteiger partial charge in [-0.3, -0.25) is 4.98 Å². The second kappa shape index (κ2) is 7.47. The minimum Gasteiger partial charge on any atom is -0.379 e. The summed E-state index contributed by atoms with van der Waals surface area (Å²) in [6.45, 7) is 1.57. The highest BCUT2D eigenvalue weighted by Crippen LogP contribution is 2.46. The smallest absolute Gasteiger partial charge is 0.154 e. The summed E-state index contributed by atoms with van der Waals surface area (Å²) in [5, 5.41) is 9.88. The lowest BCUT2D eigenvalue weighted by Gasteiger charge is -2.35. The number of rotatable bonds is 3. The van der Waals surface area contributed by atoms with Crippen molar-refractivity contribution in [1.82, 2.24) is 9.97 Å². The van der Waals surface area contributed by atoms with Crippen molar-refractivity contribution in [2.75, 3.05) is 23.7 Å². The average molecular weight is 413 g/mol. The van der Waals surface area contributed by atoms with Crippen molar-refractivity contribution in [1.29, 1.82) is 5.26 Å². The lowest BCUT2D eigenvalue weighted by atomic mass is 9.81. The van der Waals surface area contributed by atoms with Gasteiger partial charge in [0.15, 0.2) is 5.17 Å². The van der Waals surface area contributed by atoms with Gasteiger partial charge in [0.05, 0.1) is 17.8 Å². The van der Waals surface area contributed by atoms with Crippen LogP contribution >= 0.6 is 11.8 Å². The maximum atomic E-state index is 9.26. The highest BCUT2D eigenvalue weighted by molar-refractivity contribution is 8.13. The van der Waals surface area contributed by atoms with E-state index in [-0.39, 0.29) is 0 Å². The van der Waals surface area contributed by atoms with Gasteiger partial charge in [-0.15, -0.1) is 0 Å². The molecule has 1 aromatic heterocycles. The van der Waals surface area contributed by atoms with Crippen LogP contribution in [0.3, 0.4) is 0 Å². The van der Waals surface area contributed by atoms with Gasteiger partial charge in [-0.1, -0.05) is 42.1 Å². The minimum absolute atomic E-state index is 0.317. The molecule has 2 atom stereocenters. The number of nitrogens with zero attached hydrogens (tertiary/aromatic N) is 5. The van der Waals surface area contributed by atoms with E-state index in [2.05, 4.69) is 45.2 Å². The number of aliphatic imine (C=N–C) groups is 1. The topological polar surface area (TPSA) is 91.2 Å². The van der Waals surface area contributed by atoms with Gasteiger partial charge in [0, 0.05) is 37.2 Å². The molecule has 1 fully saturated rings. The van der Waals surface area contributed by atoms with E-state index in [1.807, 2.05) is 24.3 Å². The van der Waals surface area contributed by atoms with Gasteiger partial charge in [0.2, 0.25) is 0 Å². The third-order valence-corrected chi connectivity index (χ3v) is 6.81. The van der Waals surface area contributed by atoms with Crippen molar-refractivity contribution in [3.05, 3.63) is 78.2 Å². The summed E-state index contributed by atoms with van der Waals surface area (Å²) in [4.78, 5) is 16.0. The van der Waals surface area contributed by atoms with E-state index in [0.29, 0.717) is 23.2 Å². The quantitative estimate of drug-likeness (QED) is 0.709. The van der Waals surface area contributed by atoms with Gasteiger partial charge >= 0.3 is 0 Å². The van der Waals surface area contributed by atoms with E-state index in [4.69, 9.17) is 10.7 Å². The number of fused-ring (bicyclic) bond motifs is 1. The Morgan fingerprint density at radius 3 is 2.77 bits per heavy atom. The molecule has 0 saturated carbocycles. The Balaban J connectivity index is 1.58. The van der Waals surface area contributed by atoms with Crippen LogP contribution < -0.4 is 10.6 Å². The number of benzene rings is 2. The number of aromatic nitrogens is 2. The monoisotopic (exact) mass is 412 g/mol. The molecule has 2 aliphatic rings. The normalized spacial score (nSPS) is 22.8. The van der Waals surface area contributed by atoms with E-state index in [1.54, 1.807) is 30.4 Å². The summed E-state index contributed by atoms with van der Waals surface area (Å²) in [5.41, 5.74) is 9.68. The molecular formula is C23H20N6S. The van der Waals surface area contributed by atoms with Gasteiger partial charge in [0.25, 0.3) is 0 Å². The van der Waals surface area contributed by atoms with Crippen LogP contribution in [0, 0.1) is 17.2 Å². The standard InChI is InChI=1S/C23H20N6S/c24-11-16-3-1-4-17(9-16)18-5-2-6-19(10-18)23-15-29(21-12-26-7-8-27-21)13-20(23)14-30-22(25)28-23/h1-10,12,20H,13-15H2,(H2,25,28)/t20-,23+/m0/s1. The molecule has 3 aromatic rings. The van der Waals surface area contributed by atoms with Crippen molar-refractivity contribution in [2.24, 2.45) is 16.6 Å². The maximum absolute atomic E-state index is 9.26. The van der Waals surface area contributed by atoms with Crippen molar-refractivity contribution < 1.29 is 0 Å². The van der Waals surface area contributed by atoms with Crippen LogP contribution in [0.25, 0.3) is 11.1 Å². The third kappa shape index (κ3) is 3.19. The van der Waals surface area contributed by atoms with Crippen LogP contribution in [0.2, 0.25) is 0 Å². The second-order valence-electron chi connectivity index (χ2n) is 7.60. The molecule has 0 bridgehead atoms. The van der Waals surface area contributed by atoms with E-state index in [9.17, 15) is 5.26 Å². The average Bonchev–Trinajstić information content (AvgIpc) is 3.20. The van der Waals surface area contributed by atoms with Crippen molar-refractivity contribution >= 4 is 22.7 Å². The number of anilines is 1. The molecule has 148 valence electrons. The van der Waals surface area contributed by atoms with Crippen LogP contribution in [0.15, 0.2) is 72.1 Å². The van der Waals surface area contributed by atoms with Crippen LogP contribution in [0.1, 0.15) is 11.1 Å². The van der Waals surface area contributed by atoms with Crippen LogP contribution in [0.4, 0.5) is 5.82 Å². The molecule has 0 radical (unpaired) electrons. The van der Waals surface area contributed by atoms with Crippen LogP contribution in [-0.4, -0.2) is 34.0 Å². The lowest BCUT2D eigenvalue weighted by molar-refractivity contribution is 0.388. The van der Waals surface area contributed by atoms with E-state index in [0.717, 1.165) is 34.8 Å². The fourth-order valence-corrected chi connectivity index (χ4v) is 5.37. The molecule has 1 saturated heterocycles. The summed E-state index contributed by atoms with van der Waals surface area (Å²) >= 11 is 1.62. The Bertz CT molecular complexity index is 1160. The molecule has 0 unspecified atom stereocenters. The van der Waals surface area contributed by atoms with Crippen molar-refractivity contribution in [2.45, 2.75) is 5.54 Å². The summed E-state index contributed by atoms with van der Waals surface area (Å²) in [7, 11) is 0. The molecule has 0 amide bonds. The lowest BCUT2D eigenvalue weighted by Crippen LogP contribution is -2.40. The first-order valence-electron chi connectivity index (χ1n) is 9.78. The molecule has 30 heavy (non-hydrogen) atoms. The molecule has 2 aromatic carbocycles. The van der Waals surface area contributed by atoms with Gasteiger partial charge in [-0.2, -0.15) is 5.26 Å². The Kier molecular flexibility index (Phi) is 4.64. The Morgan fingerprint density at radius 2 is 1.97 bits per heavy atom. The third-order valence-electron chi connectivity index (χ3n) is 5.85. The maximum Gasteiger partial charge on any atom is 0.154 e. The first kappa shape index (κ1) is 18.6. The number of hydrogen-bond acceptors (Lipinski definition) is 7. The molecule has 2 N–H and O–H groups in total. The molecule has 7 heteroatoms. The Labute approximate surface area is 179 Å². The summed E-state index contributed by atoms with van der Waals surface area (Å²) in [6, 6.07) is 18.4. The first-order chi connectivity index (χ1) is 14.7. The van der Waals surface area contributed by atoms with Gasteiger partial charge in [0.1, 0.15) is 11.4 Å². The summed E-state index contributed by atoms with van der Waals surface area (Å²) in [6.07, 6.45) is 5.21. The molecule has 5 rings (SSSR count). The number of nitriles is 1. The zero-order chi connectivity index (χ0) is 20.6. The first-order valence-corrected chi connectivity index (χ1v) is 10.8. The second-order valence-corrected chi connectivity index (χ2v) is 8.64. The van der Waals surface area contributed by atoms with Gasteiger partial charge < -0.3 is 10.6 Å². The molecular weight excluding hydrogens is 392 g/mol. The highest BCUT2D eigenvalue weighted by atomic mass is 32.2. The largest absolute Gasteiger partial charge is 0.379 e. The fraction of sp³-hybridized carbons (Fsp3) is 0.217. The minimum atomic E-state index is -0.421. The van der Waals surface area contributed by atoms with E-state index in [1.165, 1.54) is 0 Å². The number of hydrogen-bond donors (Lipinski definition) is 1. The van der Waals surface area contributed by atoms with Crippen molar-refractivity contribution in [3.63, 3.8) is 0 Å². The Morgan fingerprint density at radius 1 is 1.13 bits per heavy atom. The zero-order valence-corrected chi connectivity index (χ0v) is 17.1. The summed E-state index contributed by atoms with van der Waals surface area (Å²) in [5.74, 6) is 2.10. The predicted octanol–water partition coefficient (Wildman–Crippen LogP) is 3.41. The Hall–Kier alpha value is -3.37. The SMILES string of the molecule is N#Cc1cccc(-c2cccc([C@]34CN(c5cnccn5)C[C@H]3CSC(N)=N4)c2)c1. The molecule has 3 heterocycles. The van der Waals surface area contributed by atoms with E-state index >= 15 is 0 Å². The van der Waals surface area contributed by atoms with Gasteiger partial charge in [-0.05, 0) is 34.9 Å². The van der Waals surface area contributed by atoms with Gasteiger partial charge in [-0.25, -0.2) is 9.98 Å². The number of thioether (sulfide) groups is 1. The van der Waals surface area contributed by atoms with Crippen LogP contribution in [0.5, 0.6) is 0 Å². The number of nitrogens with two attached hydrogens (primary N) is 1. The van der Waals surface area contributed by atoms with Crippen molar-refractivity contribution in [3.8, 4) is 17.2 Å². The number of amidine groups is 1. The molecule has 6 nitrogen and oxygen atoms in total. The van der Waals surface area contributed by atoms with E-state index < -0.39 is 5.54 Å². The molecule has 0 aliphatic carbocycles. The highest BCUT2D eigenvalue weighted by Gasteiger charge is 2.50. The molecule has 2 aliphatic heterocycles. The zero-order valence-electron chi connectivity index (χ0n) is 16.3. The van der Waals surface area contributed by atoms with Crippen LogP contribution in [-0.2, 0) is 5.54 Å². The summed E-state index contributed by atoms with van der Waals surface area (Å²) < 4.78 is 0. The fourth-order valence-electron chi connectivity index (χ4n) is 4.39. The molecule has 0 spiro atoms.